The number of hydrogen-bond donors (Lipinski definition) is 3. The zero-order valence-electron chi connectivity index (χ0n) is 19.8. The maximum absolute atomic E-state index is 13.4. The maximum atomic E-state index is 13.4. The molecule has 0 aromatic heterocycles. The molecule has 36 heavy (non-hydrogen) atoms. The molecule has 5 rings (SSSR count). The molecule has 3 N–H and O–H groups in total. The molecule has 0 radical (unpaired) electrons. The molecule has 184 valence electrons. The lowest BCUT2D eigenvalue weighted by Crippen LogP contribution is -2.29. The number of benzene rings is 2. The number of anilines is 1. The fourth-order valence-electron chi connectivity index (χ4n) is 4.99. The average molecular weight is 486 g/mol. The number of amides is 2. The lowest BCUT2D eigenvalue weighted by atomic mass is 9.86. The van der Waals surface area contributed by atoms with Gasteiger partial charge in [-0.25, -0.2) is 4.79 Å². The molecule has 1 aliphatic heterocycles. The van der Waals surface area contributed by atoms with E-state index in [1.165, 1.54) is 6.08 Å². The van der Waals surface area contributed by atoms with Crippen molar-refractivity contribution in [3.05, 3.63) is 70.8 Å². The van der Waals surface area contributed by atoms with Crippen molar-refractivity contribution >= 4 is 23.5 Å². The highest BCUT2D eigenvalue weighted by atomic mass is 16.5. The number of ether oxygens (including phenoxy) is 1. The third-order valence-electron chi connectivity index (χ3n) is 7.32. The van der Waals surface area contributed by atoms with Crippen LogP contribution in [0, 0.1) is 23.2 Å². The van der Waals surface area contributed by atoms with Crippen LogP contribution in [0.25, 0.3) is 0 Å². The van der Waals surface area contributed by atoms with Gasteiger partial charge in [0.1, 0.15) is 5.75 Å². The van der Waals surface area contributed by atoms with Gasteiger partial charge in [-0.05, 0) is 73.9 Å². The van der Waals surface area contributed by atoms with Crippen LogP contribution < -0.4 is 15.4 Å². The summed E-state index contributed by atoms with van der Waals surface area (Å²) in [5, 5.41) is 24.1. The van der Waals surface area contributed by atoms with Crippen molar-refractivity contribution < 1.29 is 24.2 Å². The van der Waals surface area contributed by atoms with Crippen molar-refractivity contribution in [2.75, 3.05) is 18.5 Å². The van der Waals surface area contributed by atoms with Crippen LogP contribution in [0.1, 0.15) is 52.7 Å². The summed E-state index contributed by atoms with van der Waals surface area (Å²) in [4.78, 5) is 36.9. The zero-order valence-corrected chi connectivity index (χ0v) is 19.8. The zero-order chi connectivity index (χ0) is 25.3. The van der Waals surface area contributed by atoms with Gasteiger partial charge in [0, 0.05) is 40.8 Å². The number of nitrogens with zero attached hydrogens (tertiary/aromatic N) is 1. The molecule has 1 spiro atoms. The van der Waals surface area contributed by atoms with Gasteiger partial charge in [-0.3, -0.25) is 9.59 Å². The molecule has 0 bridgehead atoms. The predicted octanol–water partition coefficient (Wildman–Crippen LogP) is 3.56. The van der Waals surface area contributed by atoms with E-state index >= 15 is 0 Å². The number of nitrogens with one attached hydrogen (secondary N) is 2. The number of fused-ring (bicyclic) bond motifs is 2. The minimum Gasteiger partial charge on any atom is -0.493 e. The van der Waals surface area contributed by atoms with Gasteiger partial charge >= 0.3 is 5.97 Å². The Morgan fingerprint density at radius 3 is 2.78 bits per heavy atom. The normalized spacial score (nSPS) is 21.8. The van der Waals surface area contributed by atoms with E-state index in [0.717, 1.165) is 30.0 Å². The van der Waals surface area contributed by atoms with Gasteiger partial charge in [0.15, 0.2) is 0 Å². The van der Waals surface area contributed by atoms with Gasteiger partial charge in [-0.2, -0.15) is 5.26 Å². The van der Waals surface area contributed by atoms with E-state index in [-0.39, 0.29) is 23.1 Å². The number of carbonyl (C=O) groups is 3. The third kappa shape index (κ3) is 4.82. The summed E-state index contributed by atoms with van der Waals surface area (Å²) in [6.07, 6.45) is 6.51. The molecule has 3 aliphatic rings. The summed E-state index contributed by atoms with van der Waals surface area (Å²) < 4.78 is 5.85. The van der Waals surface area contributed by atoms with E-state index in [9.17, 15) is 19.6 Å². The second kappa shape index (κ2) is 9.50. The van der Waals surface area contributed by atoms with Gasteiger partial charge in [0.2, 0.25) is 5.91 Å². The molecule has 2 atom stereocenters. The van der Waals surface area contributed by atoms with E-state index < -0.39 is 5.97 Å². The fraction of sp³-hybridized carbons (Fsp3) is 0.357. The summed E-state index contributed by atoms with van der Waals surface area (Å²) in [5.41, 5.74) is 2.69. The van der Waals surface area contributed by atoms with Crippen molar-refractivity contribution in [2.45, 2.75) is 37.5 Å². The number of aliphatic carboxylic acids is 1. The van der Waals surface area contributed by atoms with Crippen molar-refractivity contribution in [3.63, 3.8) is 0 Å². The second-order valence-corrected chi connectivity index (χ2v) is 9.79. The van der Waals surface area contributed by atoms with Crippen molar-refractivity contribution in [2.24, 2.45) is 11.8 Å². The number of hydrogen-bond acceptors (Lipinski definition) is 5. The van der Waals surface area contributed by atoms with E-state index in [2.05, 4.69) is 16.7 Å². The smallest absolute Gasteiger partial charge is 0.327 e. The quantitative estimate of drug-likeness (QED) is 0.491. The number of carbonyl (C=O) groups excluding carboxylic acids is 2. The Balaban J connectivity index is 1.35. The van der Waals surface area contributed by atoms with E-state index in [1.807, 2.05) is 12.1 Å². The molecular weight excluding hydrogens is 458 g/mol. The van der Waals surface area contributed by atoms with Crippen LogP contribution in [-0.4, -0.2) is 36.0 Å². The topological polar surface area (TPSA) is 129 Å². The van der Waals surface area contributed by atoms with E-state index in [4.69, 9.17) is 9.84 Å². The predicted molar refractivity (Wildman–Crippen MR) is 132 cm³/mol. The Bertz CT molecular complexity index is 1310. The van der Waals surface area contributed by atoms with E-state index in [0.29, 0.717) is 60.9 Å². The van der Waals surface area contributed by atoms with Crippen molar-refractivity contribution in [1.29, 1.82) is 5.26 Å². The first kappa shape index (κ1) is 23.6. The Hall–Kier alpha value is -4.12. The minimum atomic E-state index is -1.05. The molecule has 2 saturated carbocycles. The number of rotatable bonds is 8. The molecule has 8 nitrogen and oxygen atoms in total. The fourth-order valence-corrected chi connectivity index (χ4v) is 4.99. The first-order valence-electron chi connectivity index (χ1n) is 12.2. The highest BCUT2D eigenvalue weighted by molar-refractivity contribution is 5.98. The van der Waals surface area contributed by atoms with Crippen LogP contribution in [0.4, 0.5) is 5.69 Å². The molecule has 2 amide bonds. The Labute approximate surface area is 209 Å². The Morgan fingerprint density at radius 1 is 1.19 bits per heavy atom. The molecule has 0 unspecified atom stereocenters. The Morgan fingerprint density at radius 2 is 2.03 bits per heavy atom. The number of carboxylic acids is 1. The van der Waals surface area contributed by atoms with Gasteiger partial charge in [0.25, 0.3) is 5.91 Å². The van der Waals surface area contributed by atoms with Gasteiger partial charge in [-0.1, -0.05) is 12.1 Å². The molecule has 2 aromatic rings. The molecule has 2 fully saturated rings. The summed E-state index contributed by atoms with van der Waals surface area (Å²) in [7, 11) is 0. The molecule has 2 aliphatic carbocycles. The molecule has 2 aromatic carbocycles. The largest absolute Gasteiger partial charge is 0.493 e. The minimum absolute atomic E-state index is 0.112. The van der Waals surface area contributed by atoms with Crippen LogP contribution in [0.3, 0.4) is 0 Å². The third-order valence-corrected chi connectivity index (χ3v) is 7.32. The highest BCUT2D eigenvalue weighted by Crippen LogP contribution is 2.61. The van der Waals surface area contributed by atoms with Crippen LogP contribution in [-0.2, 0) is 21.4 Å². The average Bonchev–Trinajstić information content (AvgIpc) is 3.80. The van der Waals surface area contributed by atoms with Crippen LogP contribution in [0.2, 0.25) is 0 Å². The first-order valence-corrected chi connectivity index (χ1v) is 12.2. The lowest BCUT2D eigenvalue weighted by molar-refractivity contribution is -0.131. The number of allylic oxidation sites excluding steroid dienone is 1. The van der Waals surface area contributed by atoms with E-state index in [1.54, 1.807) is 24.3 Å². The van der Waals surface area contributed by atoms with Crippen molar-refractivity contribution in [1.82, 2.24) is 5.32 Å². The highest BCUT2D eigenvalue weighted by Gasteiger charge is 2.61. The second-order valence-electron chi connectivity index (χ2n) is 9.79. The molecule has 1 heterocycles. The monoisotopic (exact) mass is 485 g/mol. The van der Waals surface area contributed by atoms with Crippen LogP contribution in [0.5, 0.6) is 5.75 Å². The lowest BCUT2D eigenvalue weighted by Gasteiger charge is -2.27. The summed E-state index contributed by atoms with van der Waals surface area (Å²) in [6, 6.07) is 12.5. The molecular formula is C28H27N3O5. The standard InChI is InChI=1S/C28H27N3O5/c29-15-18-6-7-19(2-1-3-25(32)33)23(12-18)31-27(35)22-14-28(22)10-11-36-24-9-8-20(13-21(24)28)26(34)30-16-17-4-5-17/h1,3,6-9,12-13,17,22H,2,4-5,10-11,14,16H2,(H,30,34)(H,31,35)(H,32,33)/t22-,28-/m0/s1. The summed E-state index contributed by atoms with van der Waals surface area (Å²) >= 11 is 0. The first-order chi connectivity index (χ1) is 17.4. The number of nitriles is 1. The maximum Gasteiger partial charge on any atom is 0.327 e. The van der Waals surface area contributed by atoms with Crippen LogP contribution >= 0.6 is 0 Å². The molecule has 0 saturated heterocycles. The van der Waals surface area contributed by atoms with Gasteiger partial charge < -0.3 is 20.5 Å². The number of carboxylic acid groups (broad SMARTS) is 1. The molecule has 8 heteroatoms. The van der Waals surface area contributed by atoms with Crippen LogP contribution in [0.15, 0.2) is 48.6 Å². The summed E-state index contributed by atoms with van der Waals surface area (Å²) in [5.74, 6) is -0.321. The Kier molecular flexibility index (Phi) is 6.23. The summed E-state index contributed by atoms with van der Waals surface area (Å²) in [6.45, 7) is 1.19. The van der Waals surface area contributed by atoms with Gasteiger partial charge in [-0.15, -0.1) is 0 Å². The van der Waals surface area contributed by atoms with Gasteiger partial charge in [0.05, 0.1) is 18.2 Å². The van der Waals surface area contributed by atoms with Crippen molar-refractivity contribution in [3.8, 4) is 11.8 Å². The SMILES string of the molecule is N#Cc1ccc(CC=CC(=O)O)c(NC(=O)[C@@H]2C[C@]23CCOc2ccc(C(=O)NCC4CC4)cc23)c1.